The van der Waals surface area contributed by atoms with Gasteiger partial charge >= 0.3 is 0 Å². The smallest absolute Gasteiger partial charge is 0.195 e. The third-order valence-corrected chi connectivity index (χ3v) is 7.25. The fourth-order valence-corrected chi connectivity index (χ4v) is 5.37. The first-order chi connectivity index (χ1) is 15.4. The highest BCUT2D eigenvalue weighted by Crippen LogP contribution is 2.46. The van der Waals surface area contributed by atoms with Crippen LogP contribution >= 0.6 is 0 Å². The van der Waals surface area contributed by atoms with E-state index in [0.717, 1.165) is 76.9 Å². The lowest BCUT2D eigenvalue weighted by Crippen LogP contribution is -2.37. The van der Waals surface area contributed by atoms with E-state index in [-0.39, 0.29) is 11.8 Å². The second-order valence-corrected chi connectivity index (χ2v) is 9.40. The Kier molecular flexibility index (Phi) is 4.67. The summed E-state index contributed by atoms with van der Waals surface area (Å²) in [4.78, 5) is 30.5. The number of aryl methyl sites for hydroxylation is 1. The van der Waals surface area contributed by atoms with Gasteiger partial charge in [0.05, 0.1) is 23.2 Å². The Morgan fingerprint density at radius 3 is 2.62 bits per heavy atom. The predicted molar refractivity (Wildman–Crippen MR) is 125 cm³/mol. The van der Waals surface area contributed by atoms with Crippen molar-refractivity contribution in [2.75, 3.05) is 18.0 Å². The third kappa shape index (κ3) is 2.88. The van der Waals surface area contributed by atoms with E-state index in [0.29, 0.717) is 5.56 Å². The summed E-state index contributed by atoms with van der Waals surface area (Å²) < 4.78 is 0. The lowest BCUT2D eigenvalue weighted by atomic mass is 9.70. The van der Waals surface area contributed by atoms with Crippen molar-refractivity contribution >= 4 is 22.4 Å². The summed E-state index contributed by atoms with van der Waals surface area (Å²) in [5.74, 6) is 0.0374. The fourth-order valence-electron chi connectivity index (χ4n) is 5.37. The van der Waals surface area contributed by atoms with Gasteiger partial charge in [-0.15, -0.1) is 0 Å². The first-order valence-electron chi connectivity index (χ1n) is 11.2. The molecule has 3 aromatic rings. The second kappa shape index (κ2) is 7.30. The van der Waals surface area contributed by atoms with Gasteiger partial charge in [-0.3, -0.25) is 4.79 Å². The molecule has 6 heteroatoms. The van der Waals surface area contributed by atoms with E-state index in [1.165, 1.54) is 0 Å². The molecule has 2 aromatic carbocycles. The molecule has 2 aliphatic rings. The lowest BCUT2D eigenvalue weighted by Gasteiger charge is -2.37. The van der Waals surface area contributed by atoms with Crippen LogP contribution in [0, 0.1) is 16.2 Å². The van der Waals surface area contributed by atoms with E-state index in [1.54, 1.807) is 6.07 Å². The molecule has 1 aliphatic heterocycles. The van der Waals surface area contributed by atoms with Gasteiger partial charge in [0, 0.05) is 46.4 Å². The molecule has 1 fully saturated rings. The number of nitroso groups, excluding NO2 is 1. The molecule has 162 valence electrons. The van der Waals surface area contributed by atoms with Gasteiger partial charge in [0.1, 0.15) is 0 Å². The molecule has 0 saturated carbocycles. The number of anilines is 1. The topological polar surface area (TPSA) is 89.3 Å². The molecule has 1 N–H and O–H groups in total. The summed E-state index contributed by atoms with van der Waals surface area (Å²) in [6, 6.07) is 11.8. The maximum Gasteiger partial charge on any atom is 0.195 e. The molecule has 1 aliphatic carbocycles. The summed E-state index contributed by atoms with van der Waals surface area (Å²) in [6.45, 7) is 8.01. The van der Waals surface area contributed by atoms with E-state index in [9.17, 15) is 15.0 Å². The summed E-state index contributed by atoms with van der Waals surface area (Å²) in [5, 5.41) is 13.4. The SMILES string of the molecule is CCc1cc2c(cc1N1CCC(N=O)CC1)C(C)(C)c1[nH]c3cc(C#N)ccc3c1C2=O. The Morgan fingerprint density at radius 1 is 1.22 bits per heavy atom. The van der Waals surface area contributed by atoms with Crippen LogP contribution in [0.2, 0.25) is 0 Å². The number of H-pyrrole nitrogens is 1. The molecular formula is C26H26N4O2. The van der Waals surface area contributed by atoms with Gasteiger partial charge < -0.3 is 9.88 Å². The van der Waals surface area contributed by atoms with Crippen LogP contribution in [0.3, 0.4) is 0 Å². The standard InChI is InChI=1S/C26H26N4O2/c1-4-16-12-19-20(13-22(16)30-9-7-17(29-32)8-10-30)26(2,3)25-23(24(19)31)18-6-5-15(14-27)11-21(18)28-25/h5-6,11-13,17,28H,4,7-10H2,1-3H3. The molecular weight excluding hydrogens is 400 g/mol. The number of hydrogen-bond donors (Lipinski definition) is 1. The monoisotopic (exact) mass is 426 g/mol. The number of ketones is 1. The zero-order valence-electron chi connectivity index (χ0n) is 18.7. The Hall–Kier alpha value is -3.46. The van der Waals surface area contributed by atoms with Gasteiger partial charge in [-0.05, 0) is 54.7 Å². The van der Waals surface area contributed by atoms with Gasteiger partial charge in [-0.1, -0.05) is 32.0 Å². The molecule has 0 atom stereocenters. The number of carbonyl (C=O) groups is 1. The largest absolute Gasteiger partial charge is 0.371 e. The number of piperidine rings is 1. The zero-order chi connectivity index (χ0) is 22.6. The Labute approximate surface area is 187 Å². The number of carbonyl (C=O) groups excluding carboxylic acids is 1. The molecule has 0 radical (unpaired) electrons. The van der Waals surface area contributed by atoms with Crippen molar-refractivity contribution < 1.29 is 4.79 Å². The minimum atomic E-state index is -0.395. The number of nitrogens with zero attached hydrogens (tertiary/aromatic N) is 3. The summed E-state index contributed by atoms with van der Waals surface area (Å²) >= 11 is 0. The van der Waals surface area contributed by atoms with Crippen molar-refractivity contribution in [3.63, 3.8) is 0 Å². The predicted octanol–water partition coefficient (Wildman–Crippen LogP) is 5.21. The molecule has 5 rings (SSSR count). The normalized spacial score (nSPS) is 17.7. The minimum absolute atomic E-state index is 0.0374. The number of nitriles is 1. The number of aromatic nitrogens is 1. The van der Waals surface area contributed by atoms with Gasteiger partial charge in [0.15, 0.2) is 5.78 Å². The number of fused-ring (bicyclic) bond motifs is 4. The molecule has 1 saturated heterocycles. The van der Waals surface area contributed by atoms with Crippen molar-refractivity contribution in [1.29, 1.82) is 5.26 Å². The minimum Gasteiger partial charge on any atom is -0.371 e. The van der Waals surface area contributed by atoms with Crippen LogP contribution in [0.4, 0.5) is 5.69 Å². The number of hydrogen-bond acceptors (Lipinski definition) is 5. The highest BCUT2D eigenvalue weighted by molar-refractivity contribution is 6.20. The van der Waals surface area contributed by atoms with Crippen molar-refractivity contribution in [2.24, 2.45) is 5.18 Å². The number of nitrogens with one attached hydrogen (secondary N) is 1. The molecule has 0 spiro atoms. The molecule has 0 unspecified atom stereocenters. The number of aromatic amines is 1. The Bertz CT molecular complexity index is 1300. The molecule has 6 nitrogen and oxygen atoms in total. The van der Waals surface area contributed by atoms with Gasteiger partial charge in [-0.2, -0.15) is 10.2 Å². The highest BCUT2D eigenvalue weighted by Gasteiger charge is 2.40. The molecule has 0 bridgehead atoms. The van der Waals surface area contributed by atoms with Crippen molar-refractivity contribution in [2.45, 2.75) is 51.5 Å². The van der Waals surface area contributed by atoms with Crippen LogP contribution in [-0.4, -0.2) is 29.9 Å². The van der Waals surface area contributed by atoms with Crippen LogP contribution in [0.1, 0.15) is 71.9 Å². The molecule has 1 aromatic heterocycles. The van der Waals surface area contributed by atoms with Crippen molar-refractivity contribution in [1.82, 2.24) is 4.98 Å². The van der Waals surface area contributed by atoms with Crippen molar-refractivity contribution in [3.05, 3.63) is 68.8 Å². The molecule has 2 heterocycles. The maximum absolute atomic E-state index is 13.7. The van der Waals surface area contributed by atoms with Gasteiger partial charge in [0.2, 0.25) is 0 Å². The third-order valence-electron chi connectivity index (χ3n) is 7.25. The Balaban J connectivity index is 1.67. The first kappa shape index (κ1) is 20.4. The van der Waals surface area contributed by atoms with E-state index in [4.69, 9.17) is 0 Å². The molecule has 0 amide bonds. The van der Waals surface area contributed by atoms with E-state index in [1.807, 2.05) is 12.1 Å². The molecule has 32 heavy (non-hydrogen) atoms. The lowest BCUT2D eigenvalue weighted by molar-refractivity contribution is 0.103. The van der Waals surface area contributed by atoms with E-state index < -0.39 is 5.41 Å². The zero-order valence-corrected chi connectivity index (χ0v) is 18.7. The average Bonchev–Trinajstić information content (AvgIpc) is 3.22. The second-order valence-electron chi connectivity index (χ2n) is 9.40. The quantitative estimate of drug-likeness (QED) is 0.582. The number of benzene rings is 2. The van der Waals surface area contributed by atoms with E-state index >= 15 is 0 Å². The fraction of sp³-hybridized carbons (Fsp3) is 0.385. The maximum atomic E-state index is 13.7. The van der Waals surface area contributed by atoms with E-state index in [2.05, 4.69) is 54.0 Å². The van der Waals surface area contributed by atoms with Crippen LogP contribution < -0.4 is 4.90 Å². The summed E-state index contributed by atoms with van der Waals surface area (Å²) in [6.07, 6.45) is 2.35. The van der Waals surface area contributed by atoms with Crippen molar-refractivity contribution in [3.8, 4) is 6.07 Å². The van der Waals surface area contributed by atoms with Gasteiger partial charge in [-0.25, -0.2) is 0 Å². The highest BCUT2D eigenvalue weighted by atomic mass is 16.3. The van der Waals surface area contributed by atoms with Crippen LogP contribution in [0.5, 0.6) is 0 Å². The summed E-state index contributed by atoms with van der Waals surface area (Å²) in [5.41, 5.74) is 6.71. The summed E-state index contributed by atoms with van der Waals surface area (Å²) in [7, 11) is 0. The van der Waals surface area contributed by atoms with Crippen LogP contribution in [-0.2, 0) is 11.8 Å². The van der Waals surface area contributed by atoms with Crippen LogP contribution in [0.15, 0.2) is 35.5 Å². The van der Waals surface area contributed by atoms with Crippen LogP contribution in [0.25, 0.3) is 10.9 Å². The Morgan fingerprint density at radius 2 is 1.97 bits per heavy atom. The average molecular weight is 427 g/mol. The van der Waals surface area contributed by atoms with Gasteiger partial charge in [0.25, 0.3) is 0 Å². The first-order valence-corrected chi connectivity index (χ1v) is 11.2. The number of rotatable bonds is 3.